The zero-order valence-corrected chi connectivity index (χ0v) is 36.6. The number of hydrogen-bond donors (Lipinski definition) is 2. The van der Waals surface area contributed by atoms with E-state index in [0.717, 1.165) is 19.3 Å². The molecular formula is C43H91NO8P+. The molecule has 0 spiro atoms. The summed E-state index contributed by atoms with van der Waals surface area (Å²) in [5, 5.41) is 8.88. The van der Waals surface area contributed by atoms with E-state index in [-0.39, 0.29) is 19.8 Å². The average Bonchev–Trinajstić information content (AvgIpc) is 3.13. The molecule has 0 saturated carbocycles. The minimum absolute atomic E-state index is 0.00373. The first-order chi connectivity index (χ1) is 25.8. The van der Waals surface area contributed by atoms with Crippen molar-refractivity contribution in [3.05, 3.63) is 0 Å². The zero-order chi connectivity index (χ0) is 39.0. The maximum absolute atomic E-state index is 12.7. The largest absolute Gasteiger partial charge is 0.472 e. The van der Waals surface area contributed by atoms with Crippen molar-refractivity contribution in [1.29, 1.82) is 0 Å². The number of phosphoric ester groups is 1. The number of unbranched alkanes of at least 4 members (excludes halogenated alkanes) is 26. The highest BCUT2D eigenvalue weighted by atomic mass is 31.2. The van der Waals surface area contributed by atoms with E-state index in [9.17, 15) is 9.46 Å². The summed E-state index contributed by atoms with van der Waals surface area (Å²) in [6.07, 6.45) is 36.5. The summed E-state index contributed by atoms with van der Waals surface area (Å²) in [5.74, 6) is 0. The van der Waals surface area contributed by atoms with Gasteiger partial charge in [0.05, 0.1) is 47.1 Å². The van der Waals surface area contributed by atoms with Gasteiger partial charge >= 0.3 is 7.82 Å². The minimum Gasteiger partial charge on any atom is -0.394 e. The Morgan fingerprint density at radius 2 is 0.868 bits per heavy atom. The molecule has 320 valence electrons. The minimum atomic E-state index is -4.23. The second-order valence-electron chi connectivity index (χ2n) is 16.1. The first-order valence-electron chi connectivity index (χ1n) is 22.6. The number of hydrogen-bond acceptors (Lipinski definition) is 7. The number of quaternary nitrogens is 1. The molecule has 0 aliphatic rings. The Balaban J connectivity index is 4.29. The van der Waals surface area contributed by atoms with Gasteiger partial charge in [-0.2, -0.15) is 0 Å². The number of aliphatic hydroxyl groups is 1. The molecule has 0 heterocycles. The summed E-state index contributed by atoms with van der Waals surface area (Å²) in [4.78, 5) is 10.4. The van der Waals surface area contributed by atoms with Crippen LogP contribution in [0.2, 0.25) is 0 Å². The first-order valence-corrected chi connectivity index (χ1v) is 24.1. The number of rotatable bonds is 45. The molecule has 0 fully saturated rings. The molecule has 2 atom stereocenters. The zero-order valence-electron chi connectivity index (χ0n) is 35.7. The van der Waals surface area contributed by atoms with E-state index >= 15 is 0 Å². The highest BCUT2D eigenvalue weighted by molar-refractivity contribution is 7.47. The van der Waals surface area contributed by atoms with Crippen molar-refractivity contribution in [2.75, 3.05) is 80.0 Å². The van der Waals surface area contributed by atoms with Crippen LogP contribution >= 0.6 is 7.82 Å². The third-order valence-electron chi connectivity index (χ3n) is 10.2. The lowest BCUT2D eigenvalue weighted by molar-refractivity contribution is -0.890. The molecule has 2 N–H and O–H groups in total. The summed E-state index contributed by atoms with van der Waals surface area (Å²) in [6, 6.07) is 0. The third-order valence-corrected chi connectivity index (χ3v) is 11.2. The molecule has 0 saturated heterocycles. The normalized spacial score (nSPS) is 13.8. The quantitative estimate of drug-likeness (QED) is 0.0358. The van der Waals surface area contributed by atoms with E-state index in [4.69, 9.17) is 28.4 Å². The van der Waals surface area contributed by atoms with Gasteiger partial charge in [0, 0.05) is 13.2 Å². The lowest BCUT2D eigenvalue weighted by Crippen LogP contribution is -2.44. The van der Waals surface area contributed by atoms with Crippen molar-refractivity contribution >= 4 is 7.82 Å². The summed E-state index contributed by atoms with van der Waals surface area (Å²) in [6.45, 7) is 8.22. The van der Waals surface area contributed by atoms with Crippen LogP contribution in [0.15, 0.2) is 0 Å². The molecule has 0 rings (SSSR count). The maximum Gasteiger partial charge on any atom is 0.472 e. The van der Waals surface area contributed by atoms with Gasteiger partial charge in [0.15, 0.2) is 0 Å². The standard InChI is InChI=1S/C43H90NO8P/c1-5-7-9-11-13-15-17-19-21-23-25-27-29-31-36-49-41-43(42-52-53(46,47)51-39-34-44(3,4)33-38-48-40-35-45)50-37-32-30-28-26-24-22-20-18-16-14-12-10-8-6-2/h43,45H,5-42H2,1-4H3/p+1/t43-/m1/s1. The lowest BCUT2D eigenvalue weighted by Gasteiger charge is -2.29. The van der Waals surface area contributed by atoms with Gasteiger partial charge in [-0.15, -0.1) is 0 Å². The fourth-order valence-electron chi connectivity index (χ4n) is 6.51. The van der Waals surface area contributed by atoms with Crippen LogP contribution in [0.25, 0.3) is 0 Å². The fourth-order valence-corrected chi connectivity index (χ4v) is 7.25. The Hall–Kier alpha value is -0.0900. The Bertz CT molecular complexity index is 775. The maximum atomic E-state index is 12.7. The Morgan fingerprint density at radius 1 is 0.472 bits per heavy atom. The molecular weight excluding hydrogens is 689 g/mol. The number of likely N-dealkylation sites (N-methyl/N-ethyl adjacent to an activating group) is 1. The predicted molar refractivity (Wildman–Crippen MR) is 223 cm³/mol. The molecule has 9 nitrogen and oxygen atoms in total. The van der Waals surface area contributed by atoms with Gasteiger partial charge in [-0.25, -0.2) is 4.57 Å². The molecule has 10 heteroatoms. The summed E-state index contributed by atoms with van der Waals surface area (Å²) in [5.41, 5.74) is 0. The van der Waals surface area contributed by atoms with Crippen LogP contribution in [0.3, 0.4) is 0 Å². The van der Waals surface area contributed by atoms with Crippen molar-refractivity contribution in [1.82, 2.24) is 0 Å². The van der Waals surface area contributed by atoms with Crippen LogP contribution in [0.1, 0.15) is 194 Å². The van der Waals surface area contributed by atoms with Crippen molar-refractivity contribution < 1.29 is 42.3 Å². The lowest BCUT2D eigenvalue weighted by atomic mass is 10.0. The van der Waals surface area contributed by atoms with Crippen LogP contribution in [-0.2, 0) is 27.8 Å². The van der Waals surface area contributed by atoms with E-state index in [1.54, 1.807) is 0 Å². The predicted octanol–water partition coefficient (Wildman–Crippen LogP) is 11.6. The van der Waals surface area contributed by atoms with E-state index in [1.807, 2.05) is 14.1 Å². The van der Waals surface area contributed by atoms with Gasteiger partial charge in [0.25, 0.3) is 0 Å². The molecule has 0 bridgehead atoms. The second kappa shape index (κ2) is 40.1. The van der Waals surface area contributed by atoms with Crippen LogP contribution in [0, 0.1) is 0 Å². The average molecular weight is 781 g/mol. The van der Waals surface area contributed by atoms with Crippen molar-refractivity contribution in [2.24, 2.45) is 0 Å². The number of phosphoric acid groups is 1. The van der Waals surface area contributed by atoms with Gasteiger partial charge in [-0.1, -0.05) is 181 Å². The molecule has 0 aromatic heterocycles. The Morgan fingerprint density at radius 3 is 1.30 bits per heavy atom. The van der Waals surface area contributed by atoms with Crippen molar-refractivity contribution in [3.8, 4) is 0 Å². The number of aliphatic hydroxyl groups excluding tert-OH is 1. The van der Waals surface area contributed by atoms with Gasteiger partial charge in [0.1, 0.15) is 25.8 Å². The molecule has 0 radical (unpaired) electrons. The Kier molecular flexibility index (Phi) is 40.1. The smallest absolute Gasteiger partial charge is 0.394 e. The van der Waals surface area contributed by atoms with E-state index in [2.05, 4.69) is 13.8 Å². The van der Waals surface area contributed by atoms with Gasteiger partial charge in [0.2, 0.25) is 0 Å². The van der Waals surface area contributed by atoms with Gasteiger partial charge < -0.3 is 28.7 Å². The van der Waals surface area contributed by atoms with Crippen molar-refractivity contribution in [2.45, 2.75) is 200 Å². The van der Waals surface area contributed by atoms with Crippen LogP contribution in [0.4, 0.5) is 0 Å². The molecule has 0 aliphatic carbocycles. The number of ether oxygens (including phenoxy) is 3. The first kappa shape index (κ1) is 52.9. The topological polar surface area (TPSA) is 104 Å². The fraction of sp³-hybridized carbons (Fsp3) is 1.00. The molecule has 53 heavy (non-hydrogen) atoms. The molecule has 0 amide bonds. The molecule has 1 unspecified atom stereocenters. The molecule has 0 aromatic rings. The highest BCUT2D eigenvalue weighted by Crippen LogP contribution is 2.43. The highest BCUT2D eigenvalue weighted by Gasteiger charge is 2.26. The summed E-state index contributed by atoms with van der Waals surface area (Å²) < 4.78 is 41.4. The molecule has 0 aromatic carbocycles. The van der Waals surface area contributed by atoms with Gasteiger partial charge in [-0.05, 0) is 12.8 Å². The second-order valence-corrected chi connectivity index (χ2v) is 17.5. The van der Waals surface area contributed by atoms with E-state index < -0.39 is 13.9 Å². The third kappa shape index (κ3) is 41.4. The van der Waals surface area contributed by atoms with E-state index in [0.29, 0.717) is 50.6 Å². The van der Waals surface area contributed by atoms with Gasteiger partial charge in [-0.3, -0.25) is 9.05 Å². The van der Waals surface area contributed by atoms with Crippen molar-refractivity contribution in [3.63, 3.8) is 0 Å². The van der Waals surface area contributed by atoms with Crippen LogP contribution < -0.4 is 0 Å². The SMILES string of the molecule is CCCCCCCCCCCCCCCCOC[C@H](COP(=O)(O)OCC[N+](C)(C)CCOCCO)OCCCCCCCCCCCCCCCC. The van der Waals surface area contributed by atoms with E-state index in [1.165, 1.54) is 161 Å². The number of nitrogens with zero attached hydrogens (tertiary/aromatic N) is 1. The summed E-state index contributed by atoms with van der Waals surface area (Å²) in [7, 11) is -0.219. The summed E-state index contributed by atoms with van der Waals surface area (Å²) >= 11 is 0. The Labute approximate surface area is 329 Å². The molecule has 0 aliphatic heterocycles. The monoisotopic (exact) mass is 781 g/mol. The van der Waals surface area contributed by atoms with Crippen LogP contribution in [0.5, 0.6) is 0 Å². The van der Waals surface area contributed by atoms with Crippen LogP contribution in [-0.4, -0.2) is 101 Å².